The smallest absolute Gasteiger partial charge is 0.437 e. The van der Waals surface area contributed by atoms with E-state index in [1.54, 1.807) is 13.8 Å². The van der Waals surface area contributed by atoms with Gasteiger partial charge in [0.2, 0.25) is 5.91 Å². The van der Waals surface area contributed by atoms with Crippen LogP contribution in [0.3, 0.4) is 0 Å². The molecule has 0 radical (unpaired) electrons. The van der Waals surface area contributed by atoms with E-state index in [-0.39, 0.29) is 18.9 Å². The first kappa shape index (κ1) is 17.0. The van der Waals surface area contributed by atoms with Gasteiger partial charge in [0.25, 0.3) is 0 Å². The summed E-state index contributed by atoms with van der Waals surface area (Å²) in [6, 6.07) is 0. The van der Waals surface area contributed by atoms with E-state index in [2.05, 4.69) is 4.74 Å². The van der Waals surface area contributed by atoms with E-state index in [0.717, 1.165) is 0 Å². The molecule has 106 valence electrons. The van der Waals surface area contributed by atoms with Crippen LogP contribution < -0.4 is 5.32 Å². The second-order valence-corrected chi connectivity index (χ2v) is 4.59. The van der Waals surface area contributed by atoms with Gasteiger partial charge in [-0.15, -0.1) is 0 Å². The quantitative estimate of drug-likeness (QED) is 0.480. The van der Waals surface area contributed by atoms with Crippen molar-refractivity contribution in [3.8, 4) is 0 Å². The number of ether oxygens (including phenoxy) is 1. The standard InChI is InChI=1S/C10H15ClF3NO3/c1-4-18-8(17)9(11,10(12,13)14)15-7(16)5-6(2)3/h6H,4-5H2,1-3H3,(H,15,16)/t9-/m1/s1. The van der Waals surface area contributed by atoms with Crippen molar-refractivity contribution in [1.29, 1.82) is 0 Å². The molecule has 18 heavy (non-hydrogen) atoms. The summed E-state index contributed by atoms with van der Waals surface area (Å²) in [5.41, 5.74) is 0. The number of hydrogen-bond donors (Lipinski definition) is 1. The highest BCUT2D eigenvalue weighted by Crippen LogP contribution is 2.35. The highest BCUT2D eigenvalue weighted by molar-refractivity contribution is 6.35. The lowest BCUT2D eigenvalue weighted by Crippen LogP contribution is -2.60. The second-order valence-electron chi connectivity index (χ2n) is 4.02. The van der Waals surface area contributed by atoms with Crippen LogP contribution in [0.25, 0.3) is 0 Å². The lowest BCUT2D eigenvalue weighted by molar-refractivity contribution is -0.195. The minimum Gasteiger partial charge on any atom is -0.463 e. The third-order valence-electron chi connectivity index (χ3n) is 1.85. The summed E-state index contributed by atoms with van der Waals surface area (Å²) >= 11 is 5.19. The van der Waals surface area contributed by atoms with Crippen LogP contribution >= 0.6 is 11.6 Å². The Kier molecular flexibility index (Phi) is 5.92. The maximum Gasteiger partial charge on any atom is 0.437 e. The molecule has 0 saturated heterocycles. The van der Waals surface area contributed by atoms with Gasteiger partial charge in [0.1, 0.15) is 0 Å². The molecule has 0 aromatic rings. The summed E-state index contributed by atoms with van der Waals surface area (Å²) in [7, 11) is 0. The van der Waals surface area contributed by atoms with Crippen LogP contribution in [0.2, 0.25) is 0 Å². The molecule has 8 heteroatoms. The van der Waals surface area contributed by atoms with E-state index in [1.165, 1.54) is 12.2 Å². The van der Waals surface area contributed by atoms with Crippen LogP contribution in [0, 0.1) is 5.92 Å². The first-order valence-corrected chi connectivity index (χ1v) is 5.66. The Balaban J connectivity index is 5.01. The number of esters is 1. The molecule has 0 saturated carbocycles. The maximum absolute atomic E-state index is 12.7. The molecule has 0 aromatic heterocycles. The first-order valence-electron chi connectivity index (χ1n) is 5.28. The fourth-order valence-electron chi connectivity index (χ4n) is 1.08. The zero-order chi connectivity index (χ0) is 14.6. The van der Waals surface area contributed by atoms with E-state index in [0.29, 0.717) is 0 Å². The molecule has 0 fully saturated rings. The number of hydrogen-bond acceptors (Lipinski definition) is 3. The lowest BCUT2D eigenvalue weighted by atomic mass is 10.1. The number of nitrogens with one attached hydrogen (secondary N) is 1. The molecule has 0 unspecified atom stereocenters. The van der Waals surface area contributed by atoms with Gasteiger partial charge in [-0.3, -0.25) is 4.79 Å². The molecule has 0 heterocycles. The van der Waals surface area contributed by atoms with E-state index in [4.69, 9.17) is 11.6 Å². The third-order valence-corrected chi connectivity index (χ3v) is 2.32. The highest BCUT2D eigenvalue weighted by atomic mass is 35.5. The topological polar surface area (TPSA) is 55.4 Å². The number of halogens is 4. The van der Waals surface area contributed by atoms with Crippen LogP contribution in [0.1, 0.15) is 27.2 Å². The summed E-state index contributed by atoms with van der Waals surface area (Å²) < 4.78 is 42.4. The number of alkyl halides is 4. The average molecular weight is 290 g/mol. The van der Waals surface area contributed by atoms with Gasteiger partial charge in [-0.25, -0.2) is 4.79 Å². The van der Waals surface area contributed by atoms with Crippen LogP contribution in [-0.4, -0.2) is 29.7 Å². The fraction of sp³-hybridized carbons (Fsp3) is 0.800. The minimum atomic E-state index is -5.15. The molecule has 0 aliphatic rings. The summed E-state index contributed by atoms with van der Waals surface area (Å²) in [6.45, 7) is 4.35. The van der Waals surface area contributed by atoms with Crippen LogP contribution in [0.4, 0.5) is 13.2 Å². The lowest BCUT2D eigenvalue weighted by Gasteiger charge is -2.28. The van der Waals surface area contributed by atoms with Crippen molar-refractivity contribution in [2.45, 2.75) is 38.4 Å². The van der Waals surface area contributed by atoms with Gasteiger partial charge in [-0.05, 0) is 12.8 Å². The van der Waals surface area contributed by atoms with Gasteiger partial charge in [0, 0.05) is 6.42 Å². The average Bonchev–Trinajstić information content (AvgIpc) is 2.14. The largest absolute Gasteiger partial charge is 0.463 e. The highest BCUT2D eigenvalue weighted by Gasteiger charge is 2.62. The van der Waals surface area contributed by atoms with Crippen molar-refractivity contribution in [2.75, 3.05) is 6.61 Å². The molecule has 0 spiro atoms. The van der Waals surface area contributed by atoms with Gasteiger partial charge in [0.15, 0.2) is 0 Å². The number of amides is 1. The Morgan fingerprint density at radius 3 is 2.17 bits per heavy atom. The van der Waals surface area contributed by atoms with Crippen molar-refractivity contribution in [1.82, 2.24) is 5.32 Å². The van der Waals surface area contributed by atoms with Crippen molar-refractivity contribution in [2.24, 2.45) is 5.92 Å². The zero-order valence-corrected chi connectivity index (χ0v) is 11.0. The van der Waals surface area contributed by atoms with Crippen LogP contribution in [0.5, 0.6) is 0 Å². The Labute approximate surface area is 108 Å². The Morgan fingerprint density at radius 1 is 1.33 bits per heavy atom. The third kappa shape index (κ3) is 4.36. The molecule has 0 aromatic carbocycles. The van der Waals surface area contributed by atoms with E-state index in [9.17, 15) is 22.8 Å². The molecular formula is C10H15ClF3NO3. The summed E-state index contributed by atoms with van der Waals surface area (Å²) in [6.07, 6.45) is -5.32. The molecule has 0 aliphatic carbocycles. The van der Waals surface area contributed by atoms with E-state index < -0.39 is 23.1 Å². The molecule has 0 rings (SSSR count). The van der Waals surface area contributed by atoms with Crippen molar-refractivity contribution in [3.63, 3.8) is 0 Å². The van der Waals surface area contributed by atoms with Crippen LogP contribution in [0.15, 0.2) is 0 Å². The van der Waals surface area contributed by atoms with Gasteiger partial charge < -0.3 is 10.1 Å². The molecule has 4 nitrogen and oxygen atoms in total. The normalized spacial score (nSPS) is 15.1. The number of carbonyl (C=O) groups is 2. The van der Waals surface area contributed by atoms with Gasteiger partial charge in [0.05, 0.1) is 6.61 Å². The van der Waals surface area contributed by atoms with Crippen LogP contribution in [-0.2, 0) is 14.3 Å². The van der Waals surface area contributed by atoms with Gasteiger partial charge in [-0.1, -0.05) is 25.4 Å². The SMILES string of the molecule is CCOC(=O)[C@@](Cl)(NC(=O)CC(C)C)C(F)(F)F. The first-order chi connectivity index (χ1) is 8.04. The Hall–Kier alpha value is -0.980. The zero-order valence-electron chi connectivity index (χ0n) is 10.2. The van der Waals surface area contributed by atoms with Crippen molar-refractivity contribution >= 4 is 23.5 Å². The summed E-state index contributed by atoms with van der Waals surface area (Å²) in [4.78, 5) is 19.0. The molecule has 1 amide bonds. The van der Waals surface area contributed by atoms with Crippen molar-refractivity contribution < 1.29 is 27.5 Å². The predicted molar refractivity (Wildman–Crippen MR) is 58.9 cm³/mol. The molecule has 1 atom stereocenters. The minimum absolute atomic E-state index is 0.165. The van der Waals surface area contributed by atoms with Gasteiger partial charge in [-0.2, -0.15) is 13.2 Å². The summed E-state index contributed by atoms with van der Waals surface area (Å²) in [5.74, 6) is -2.87. The van der Waals surface area contributed by atoms with E-state index in [1.807, 2.05) is 0 Å². The second kappa shape index (κ2) is 6.26. The monoisotopic (exact) mass is 289 g/mol. The number of carbonyl (C=O) groups excluding carboxylic acids is 2. The summed E-state index contributed by atoms with van der Waals surface area (Å²) in [5, 5.41) is 1.48. The molecule has 0 aliphatic heterocycles. The maximum atomic E-state index is 12.7. The van der Waals surface area contributed by atoms with Gasteiger partial charge >= 0.3 is 17.1 Å². The molecular weight excluding hydrogens is 275 g/mol. The Morgan fingerprint density at radius 2 is 1.83 bits per heavy atom. The predicted octanol–water partition coefficient (Wildman–Crippen LogP) is 2.21. The fourth-order valence-corrected chi connectivity index (χ4v) is 1.24. The number of rotatable bonds is 5. The van der Waals surface area contributed by atoms with Crippen molar-refractivity contribution in [3.05, 3.63) is 0 Å². The molecule has 1 N–H and O–H groups in total. The molecule has 0 bridgehead atoms. The Bertz CT molecular complexity index is 320. The van der Waals surface area contributed by atoms with E-state index >= 15 is 0 Å².